The highest BCUT2D eigenvalue weighted by molar-refractivity contribution is 5.42. The Morgan fingerprint density at radius 2 is 2.05 bits per heavy atom. The van der Waals surface area contributed by atoms with E-state index in [0.717, 1.165) is 5.56 Å². The topological polar surface area (TPSA) is 65.3 Å². The van der Waals surface area contributed by atoms with E-state index in [-0.39, 0.29) is 17.9 Å². The third-order valence-corrected chi connectivity index (χ3v) is 3.27. The minimum Gasteiger partial charge on any atom is -0.326 e. The molecule has 20 heavy (non-hydrogen) atoms. The number of hydrogen-bond donors (Lipinski definition) is 1. The fourth-order valence-electron chi connectivity index (χ4n) is 2.21. The van der Waals surface area contributed by atoms with E-state index in [4.69, 9.17) is 5.73 Å². The molecule has 0 aliphatic rings. The Morgan fingerprint density at radius 1 is 1.20 bits per heavy atom. The predicted octanol–water partition coefficient (Wildman–Crippen LogP) is 1.14. The number of halogens is 1. The van der Waals surface area contributed by atoms with Crippen molar-refractivity contribution in [1.82, 2.24) is 14.2 Å². The average molecular weight is 272 g/mol. The lowest BCUT2D eigenvalue weighted by Crippen LogP contribution is -2.22. The average Bonchev–Trinajstić information content (AvgIpc) is 2.93. The molecule has 0 saturated carbocycles. The van der Waals surface area contributed by atoms with Gasteiger partial charge in [0.25, 0.3) is 5.56 Å². The van der Waals surface area contributed by atoms with Gasteiger partial charge in [0.15, 0.2) is 0 Å². The van der Waals surface area contributed by atoms with Crippen LogP contribution in [0.5, 0.6) is 0 Å². The molecule has 102 valence electrons. The highest BCUT2D eigenvalue weighted by Gasteiger charge is 2.07. The van der Waals surface area contributed by atoms with E-state index in [9.17, 15) is 9.18 Å². The lowest BCUT2D eigenvalue weighted by atomic mass is 10.1. The molecule has 0 aliphatic heterocycles. The molecular formula is C14H13FN4O. The van der Waals surface area contributed by atoms with Gasteiger partial charge in [0, 0.05) is 18.9 Å². The van der Waals surface area contributed by atoms with Gasteiger partial charge in [-0.1, -0.05) is 6.07 Å². The van der Waals surface area contributed by atoms with Gasteiger partial charge in [-0.05, 0) is 29.3 Å². The van der Waals surface area contributed by atoms with Gasteiger partial charge >= 0.3 is 0 Å². The standard InChI is InChI=1S/C14H13FN4O/c15-12-2-1-10(11(7-12)8-16)9-18-5-6-19-13(14(18)20)3-4-17-19/h1-7H,8-9,16H2. The summed E-state index contributed by atoms with van der Waals surface area (Å²) in [5, 5.41) is 4.01. The molecule has 0 amide bonds. The fraction of sp³-hybridized carbons (Fsp3) is 0.143. The van der Waals surface area contributed by atoms with Crippen molar-refractivity contribution < 1.29 is 4.39 Å². The molecule has 0 radical (unpaired) electrons. The van der Waals surface area contributed by atoms with Crippen molar-refractivity contribution in [1.29, 1.82) is 0 Å². The summed E-state index contributed by atoms with van der Waals surface area (Å²) in [5.74, 6) is -0.326. The van der Waals surface area contributed by atoms with Crippen LogP contribution in [-0.4, -0.2) is 14.2 Å². The first-order valence-electron chi connectivity index (χ1n) is 6.19. The van der Waals surface area contributed by atoms with Crippen LogP contribution in [0.25, 0.3) is 5.52 Å². The molecule has 5 nitrogen and oxygen atoms in total. The molecule has 0 spiro atoms. The zero-order valence-electron chi connectivity index (χ0n) is 10.7. The van der Waals surface area contributed by atoms with Crippen molar-refractivity contribution in [3.63, 3.8) is 0 Å². The molecule has 0 aliphatic carbocycles. The van der Waals surface area contributed by atoms with Crippen LogP contribution in [0, 0.1) is 5.82 Å². The second kappa shape index (κ2) is 4.90. The first-order valence-corrected chi connectivity index (χ1v) is 6.19. The maximum absolute atomic E-state index is 13.2. The maximum Gasteiger partial charge on any atom is 0.276 e. The third kappa shape index (κ3) is 2.10. The zero-order valence-corrected chi connectivity index (χ0v) is 10.7. The van der Waals surface area contributed by atoms with E-state index < -0.39 is 0 Å². The van der Waals surface area contributed by atoms with Gasteiger partial charge in [-0.15, -0.1) is 0 Å². The summed E-state index contributed by atoms with van der Waals surface area (Å²) < 4.78 is 16.3. The van der Waals surface area contributed by atoms with Gasteiger partial charge in [-0.2, -0.15) is 5.10 Å². The van der Waals surface area contributed by atoms with E-state index in [1.807, 2.05) is 0 Å². The molecule has 3 aromatic rings. The highest BCUT2D eigenvalue weighted by Crippen LogP contribution is 2.12. The van der Waals surface area contributed by atoms with Gasteiger partial charge < -0.3 is 10.3 Å². The Bertz CT molecular complexity index is 821. The van der Waals surface area contributed by atoms with Crippen molar-refractivity contribution in [3.05, 3.63) is 70.2 Å². The Hall–Kier alpha value is -2.47. The maximum atomic E-state index is 13.2. The van der Waals surface area contributed by atoms with Gasteiger partial charge in [0.2, 0.25) is 0 Å². The minimum absolute atomic E-state index is 0.141. The quantitative estimate of drug-likeness (QED) is 0.777. The van der Waals surface area contributed by atoms with Crippen LogP contribution in [0.3, 0.4) is 0 Å². The molecule has 0 fully saturated rings. The number of hydrogen-bond acceptors (Lipinski definition) is 3. The summed E-state index contributed by atoms with van der Waals surface area (Å²) in [4.78, 5) is 12.3. The molecule has 0 unspecified atom stereocenters. The van der Waals surface area contributed by atoms with Gasteiger partial charge in [0.1, 0.15) is 11.3 Å². The predicted molar refractivity (Wildman–Crippen MR) is 72.8 cm³/mol. The number of aromatic nitrogens is 3. The van der Waals surface area contributed by atoms with Crippen molar-refractivity contribution in [3.8, 4) is 0 Å². The SMILES string of the molecule is NCc1cc(F)ccc1Cn1ccn2nccc2c1=O. The van der Waals surface area contributed by atoms with Crippen LogP contribution in [-0.2, 0) is 13.1 Å². The van der Waals surface area contributed by atoms with Crippen LogP contribution in [0.2, 0.25) is 0 Å². The number of rotatable bonds is 3. The number of nitrogens with zero attached hydrogens (tertiary/aromatic N) is 3. The molecule has 2 N–H and O–H groups in total. The van der Waals surface area contributed by atoms with Crippen LogP contribution in [0.15, 0.2) is 47.7 Å². The van der Waals surface area contributed by atoms with Crippen LogP contribution in [0.1, 0.15) is 11.1 Å². The summed E-state index contributed by atoms with van der Waals surface area (Å²) in [6, 6.07) is 6.09. The second-order valence-electron chi connectivity index (χ2n) is 4.51. The van der Waals surface area contributed by atoms with E-state index in [2.05, 4.69) is 5.10 Å². The van der Waals surface area contributed by atoms with E-state index in [1.54, 1.807) is 35.3 Å². The Morgan fingerprint density at radius 3 is 2.85 bits per heavy atom. The van der Waals surface area contributed by atoms with Crippen molar-refractivity contribution in [2.45, 2.75) is 13.1 Å². The van der Waals surface area contributed by atoms with E-state index in [0.29, 0.717) is 17.6 Å². The first kappa shape index (κ1) is 12.6. The number of nitrogens with two attached hydrogens (primary N) is 1. The highest BCUT2D eigenvalue weighted by atomic mass is 19.1. The van der Waals surface area contributed by atoms with Crippen LogP contribution in [0.4, 0.5) is 4.39 Å². The summed E-state index contributed by atoms with van der Waals surface area (Å²) in [6.07, 6.45) is 4.94. The summed E-state index contributed by atoms with van der Waals surface area (Å²) in [7, 11) is 0. The van der Waals surface area contributed by atoms with Crippen molar-refractivity contribution in [2.24, 2.45) is 5.73 Å². The number of fused-ring (bicyclic) bond motifs is 1. The smallest absolute Gasteiger partial charge is 0.276 e. The molecule has 0 atom stereocenters. The summed E-state index contributed by atoms with van der Waals surface area (Å²) in [5.41, 5.74) is 7.51. The third-order valence-electron chi connectivity index (χ3n) is 3.27. The molecule has 1 aromatic carbocycles. The van der Waals surface area contributed by atoms with Gasteiger partial charge in [-0.3, -0.25) is 4.79 Å². The lowest BCUT2D eigenvalue weighted by Gasteiger charge is -2.10. The monoisotopic (exact) mass is 272 g/mol. The molecule has 0 bridgehead atoms. The fourth-order valence-corrected chi connectivity index (χ4v) is 2.21. The van der Waals surface area contributed by atoms with Crippen LogP contribution < -0.4 is 11.3 Å². The largest absolute Gasteiger partial charge is 0.326 e. The molecule has 3 rings (SSSR count). The Labute approximate surface area is 114 Å². The van der Waals surface area contributed by atoms with E-state index >= 15 is 0 Å². The second-order valence-corrected chi connectivity index (χ2v) is 4.51. The Balaban J connectivity index is 2.05. The van der Waals surface area contributed by atoms with Gasteiger partial charge in [0.05, 0.1) is 12.7 Å². The van der Waals surface area contributed by atoms with Crippen molar-refractivity contribution in [2.75, 3.05) is 0 Å². The lowest BCUT2D eigenvalue weighted by molar-refractivity contribution is 0.622. The molecule has 0 saturated heterocycles. The van der Waals surface area contributed by atoms with Crippen LogP contribution >= 0.6 is 0 Å². The van der Waals surface area contributed by atoms with Gasteiger partial charge in [-0.25, -0.2) is 8.91 Å². The normalized spacial score (nSPS) is 11.1. The number of benzene rings is 1. The summed E-state index contributed by atoms with van der Waals surface area (Å²) in [6.45, 7) is 0.587. The zero-order chi connectivity index (χ0) is 14.1. The molecule has 6 heteroatoms. The molecule has 2 heterocycles. The minimum atomic E-state index is -0.326. The Kier molecular flexibility index (Phi) is 3.08. The van der Waals surface area contributed by atoms with E-state index in [1.165, 1.54) is 16.6 Å². The van der Waals surface area contributed by atoms with Crippen molar-refractivity contribution >= 4 is 5.52 Å². The summed E-state index contributed by atoms with van der Waals surface area (Å²) >= 11 is 0. The molecular weight excluding hydrogens is 259 g/mol. The first-order chi connectivity index (χ1) is 9.69. The molecule has 2 aromatic heterocycles.